The maximum atomic E-state index is 5.91. The van der Waals surface area contributed by atoms with E-state index in [1.807, 2.05) is 0 Å². The Morgan fingerprint density at radius 3 is 3.00 bits per heavy atom. The van der Waals surface area contributed by atoms with Gasteiger partial charge in [0.2, 0.25) is 0 Å². The van der Waals surface area contributed by atoms with Gasteiger partial charge in [0.1, 0.15) is 5.75 Å². The first kappa shape index (κ1) is 11.8. The molecule has 0 bridgehead atoms. The molecule has 3 nitrogen and oxygen atoms in total. The average Bonchev–Trinajstić information content (AvgIpc) is 2.73. The lowest BCUT2D eigenvalue weighted by Crippen LogP contribution is -2.52. The molecule has 2 aliphatic heterocycles. The van der Waals surface area contributed by atoms with E-state index in [9.17, 15) is 0 Å². The molecule has 1 N–H and O–H groups in total. The fraction of sp³-hybridized carbons (Fsp3) is 0.600. The Kier molecular flexibility index (Phi) is 3.16. The minimum absolute atomic E-state index is 0.673. The van der Waals surface area contributed by atoms with Crippen LogP contribution in [0.1, 0.15) is 19.4 Å². The number of nitrogens with one attached hydrogen (secondary N) is 1. The van der Waals surface area contributed by atoms with Crippen molar-refractivity contribution in [3.8, 4) is 5.75 Å². The minimum atomic E-state index is 0.673. The van der Waals surface area contributed by atoms with Crippen molar-refractivity contribution < 1.29 is 4.74 Å². The summed E-state index contributed by atoms with van der Waals surface area (Å²) in [4.78, 5) is 2.49. The molecular weight excluding hydrogens is 224 g/mol. The SMILES string of the molecule is CC(C)N1CC(COc2ccc3c(c2)CCN3)C1. The van der Waals surface area contributed by atoms with Crippen LogP contribution >= 0.6 is 0 Å². The first-order valence-corrected chi connectivity index (χ1v) is 6.96. The normalized spacial score (nSPS) is 19.5. The first-order valence-electron chi connectivity index (χ1n) is 6.96. The summed E-state index contributed by atoms with van der Waals surface area (Å²) in [5.74, 6) is 1.74. The van der Waals surface area contributed by atoms with Crippen LogP contribution in [0.4, 0.5) is 5.69 Å². The molecule has 0 aromatic heterocycles. The lowest BCUT2D eigenvalue weighted by Gasteiger charge is -2.41. The summed E-state index contributed by atoms with van der Waals surface area (Å²) in [5.41, 5.74) is 2.67. The van der Waals surface area contributed by atoms with Gasteiger partial charge >= 0.3 is 0 Å². The molecule has 3 rings (SSSR count). The highest BCUT2D eigenvalue weighted by Gasteiger charge is 2.28. The number of likely N-dealkylation sites (tertiary alicyclic amines) is 1. The van der Waals surface area contributed by atoms with Crippen molar-refractivity contribution in [2.75, 3.05) is 31.6 Å². The molecule has 1 aromatic rings. The summed E-state index contributed by atoms with van der Waals surface area (Å²) in [6, 6.07) is 7.08. The van der Waals surface area contributed by atoms with Crippen molar-refractivity contribution in [2.24, 2.45) is 5.92 Å². The van der Waals surface area contributed by atoms with Crippen molar-refractivity contribution in [3.63, 3.8) is 0 Å². The zero-order chi connectivity index (χ0) is 12.5. The summed E-state index contributed by atoms with van der Waals surface area (Å²) in [7, 11) is 0. The lowest BCUT2D eigenvalue weighted by molar-refractivity contribution is 0.0375. The number of hydrogen-bond donors (Lipinski definition) is 1. The van der Waals surface area contributed by atoms with Crippen molar-refractivity contribution >= 4 is 5.69 Å². The third-order valence-electron chi connectivity index (χ3n) is 3.99. The van der Waals surface area contributed by atoms with Crippen LogP contribution in [0.3, 0.4) is 0 Å². The molecule has 98 valence electrons. The smallest absolute Gasteiger partial charge is 0.119 e. The number of ether oxygens (including phenoxy) is 1. The molecule has 18 heavy (non-hydrogen) atoms. The van der Waals surface area contributed by atoms with E-state index in [1.165, 1.54) is 24.3 Å². The van der Waals surface area contributed by atoms with E-state index in [0.29, 0.717) is 12.0 Å². The van der Waals surface area contributed by atoms with Gasteiger partial charge < -0.3 is 15.0 Å². The molecule has 0 atom stereocenters. The van der Waals surface area contributed by atoms with Crippen LogP contribution in [0, 0.1) is 5.92 Å². The molecule has 0 saturated carbocycles. The van der Waals surface area contributed by atoms with Crippen molar-refractivity contribution in [2.45, 2.75) is 26.3 Å². The predicted molar refractivity (Wildman–Crippen MR) is 74.3 cm³/mol. The second-order valence-corrected chi connectivity index (χ2v) is 5.72. The molecule has 1 aromatic carbocycles. The quantitative estimate of drug-likeness (QED) is 0.882. The number of benzene rings is 1. The fourth-order valence-corrected chi connectivity index (χ4v) is 2.72. The zero-order valence-electron chi connectivity index (χ0n) is 11.3. The van der Waals surface area contributed by atoms with Gasteiger partial charge in [0.05, 0.1) is 6.61 Å². The molecule has 0 aliphatic carbocycles. The van der Waals surface area contributed by atoms with Crippen molar-refractivity contribution in [1.29, 1.82) is 0 Å². The summed E-state index contributed by atoms with van der Waals surface area (Å²) in [6.45, 7) is 8.80. The van der Waals surface area contributed by atoms with E-state index in [2.05, 4.69) is 42.3 Å². The van der Waals surface area contributed by atoms with Crippen molar-refractivity contribution in [1.82, 2.24) is 4.90 Å². The fourth-order valence-electron chi connectivity index (χ4n) is 2.72. The Balaban J connectivity index is 1.49. The highest BCUT2D eigenvalue weighted by molar-refractivity contribution is 5.57. The average molecular weight is 246 g/mol. The van der Waals surface area contributed by atoms with Gasteiger partial charge in [0, 0.05) is 37.3 Å². The molecule has 0 radical (unpaired) electrons. The van der Waals surface area contributed by atoms with E-state index in [1.54, 1.807) is 0 Å². The number of fused-ring (bicyclic) bond motifs is 1. The topological polar surface area (TPSA) is 24.5 Å². The minimum Gasteiger partial charge on any atom is -0.493 e. The van der Waals surface area contributed by atoms with Gasteiger partial charge in [-0.25, -0.2) is 0 Å². The number of rotatable bonds is 4. The second-order valence-electron chi connectivity index (χ2n) is 5.72. The van der Waals surface area contributed by atoms with Crippen LogP contribution in [0.25, 0.3) is 0 Å². The molecule has 3 heteroatoms. The number of anilines is 1. The summed E-state index contributed by atoms with van der Waals surface area (Å²) >= 11 is 0. The standard InChI is InChI=1S/C15H22N2O/c1-11(2)17-8-12(9-17)10-18-14-3-4-15-13(7-14)5-6-16-15/h3-4,7,11-12,16H,5-6,8-10H2,1-2H3. The Morgan fingerprint density at radius 1 is 1.39 bits per heavy atom. The third kappa shape index (κ3) is 2.32. The lowest BCUT2D eigenvalue weighted by atomic mass is 9.99. The van der Waals surface area contributed by atoms with E-state index < -0.39 is 0 Å². The molecule has 1 fully saturated rings. The van der Waals surface area contributed by atoms with Gasteiger partial charge in [0.15, 0.2) is 0 Å². The second kappa shape index (κ2) is 4.81. The highest BCUT2D eigenvalue weighted by atomic mass is 16.5. The van der Waals surface area contributed by atoms with Crippen LogP contribution in [-0.4, -0.2) is 37.2 Å². The van der Waals surface area contributed by atoms with Crippen LogP contribution in [0.15, 0.2) is 18.2 Å². The molecule has 2 aliphatic rings. The molecule has 2 heterocycles. The van der Waals surface area contributed by atoms with Crippen molar-refractivity contribution in [3.05, 3.63) is 23.8 Å². The molecule has 1 saturated heterocycles. The highest BCUT2D eigenvalue weighted by Crippen LogP contribution is 2.27. The maximum absolute atomic E-state index is 5.91. The van der Waals surface area contributed by atoms with Crippen LogP contribution in [0.5, 0.6) is 5.75 Å². The van der Waals surface area contributed by atoms with Crippen LogP contribution in [-0.2, 0) is 6.42 Å². The summed E-state index contributed by atoms with van der Waals surface area (Å²) in [6.07, 6.45) is 1.12. The molecule has 0 spiro atoms. The van der Waals surface area contributed by atoms with E-state index in [0.717, 1.165) is 25.3 Å². The summed E-state index contributed by atoms with van der Waals surface area (Å²) < 4.78 is 5.91. The van der Waals surface area contributed by atoms with Gasteiger partial charge in [-0.15, -0.1) is 0 Å². The Hall–Kier alpha value is -1.22. The van der Waals surface area contributed by atoms with Gasteiger partial charge in [-0.05, 0) is 44.0 Å². The van der Waals surface area contributed by atoms with E-state index in [-0.39, 0.29) is 0 Å². The van der Waals surface area contributed by atoms with Gasteiger partial charge in [0.25, 0.3) is 0 Å². The first-order chi connectivity index (χ1) is 8.72. The molecular formula is C15H22N2O. The Bertz CT molecular complexity index is 425. The van der Waals surface area contributed by atoms with Gasteiger partial charge in [-0.1, -0.05) is 0 Å². The predicted octanol–water partition coefficient (Wildman–Crippen LogP) is 2.37. The third-order valence-corrected chi connectivity index (χ3v) is 3.99. The Labute approximate surface area is 109 Å². The van der Waals surface area contributed by atoms with Gasteiger partial charge in [-0.2, -0.15) is 0 Å². The maximum Gasteiger partial charge on any atom is 0.119 e. The largest absolute Gasteiger partial charge is 0.493 e. The van der Waals surface area contributed by atoms with E-state index in [4.69, 9.17) is 4.74 Å². The monoisotopic (exact) mass is 246 g/mol. The molecule has 0 amide bonds. The van der Waals surface area contributed by atoms with Crippen LogP contribution < -0.4 is 10.1 Å². The van der Waals surface area contributed by atoms with E-state index >= 15 is 0 Å². The number of nitrogens with zero attached hydrogens (tertiary/aromatic N) is 1. The summed E-state index contributed by atoms with van der Waals surface area (Å²) in [5, 5.41) is 3.37. The number of hydrogen-bond acceptors (Lipinski definition) is 3. The van der Waals surface area contributed by atoms with Gasteiger partial charge in [-0.3, -0.25) is 0 Å². The molecule has 0 unspecified atom stereocenters. The zero-order valence-corrected chi connectivity index (χ0v) is 11.3. The van der Waals surface area contributed by atoms with Crippen LogP contribution in [0.2, 0.25) is 0 Å². The Morgan fingerprint density at radius 2 is 2.22 bits per heavy atom.